The van der Waals surface area contributed by atoms with Crippen molar-refractivity contribution in [2.24, 2.45) is 0 Å². The number of hydrogen-bond donors (Lipinski definition) is 1. The molecule has 0 aliphatic carbocycles. The van der Waals surface area contributed by atoms with Crippen LogP contribution in [0.5, 0.6) is 0 Å². The number of hydrogen-bond acceptors (Lipinski definition) is 2. The molecule has 0 spiro atoms. The molecule has 0 aromatic heterocycles. The maximum Gasteiger partial charge on any atom is 0.255 e. The summed E-state index contributed by atoms with van der Waals surface area (Å²) in [7, 11) is 0. The summed E-state index contributed by atoms with van der Waals surface area (Å²) in [6, 6.07) is 7.26. The third kappa shape index (κ3) is 2.85. The Kier molecular flexibility index (Phi) is 3.78. The van der Waals surface area contributed by atoms with Gasteiger partial charge in [-0.2, -0.15) is 0 Å². The minimum absolute atomic E-state index is 0.0945. The fraction of sp³-hybridized carbons (Fsp3) is 0.333. The number of nitrogens with zero attached hydrogens (tertiary/aromatic N) is 1. The van der Waals surface area contributed by atoms with Crippen molar-refractivity contribution >= 4 is 27.7 Å². The Bertz CT molecular complexity index is 448. The third-order valence-corrected chi connectivity index (χ3v) is 3.34. The Hall–Kier alpha value is -1.36. The molecule has 0 unspecified atom stereocenters. The molecular formula is C12H13BrN2O2. The first kappa shape index (κ1) is 12.1. The lowest BCUT2D eigenvalue weighted by molar-refractivity contribution is -0.121. The highest BCUT2D eigenvalue weighted by atomic mass is 79.9. The summed E-state index contributed by atoms with van der Waals surface area (Å²) in [4.78, 5) is 25.2. The lowest BCUT2D eigenvalue weighted by Crippen LogP contribution is -2.37. The average Bonchev–Trinajstić information content (AvgIpc) is 2.54. The maximum atomic E-state index is 12.2. The lowest BCUT2D eigenvalue weighted by atomic mass is 10.2. The van der Waals surface area contributed by atoms with Crippen molar-refractivity contribution in [2.45, 2.75) is 6.42 Å². The summed E-state index contributed by atoms with van der Waals surface area (Å²) >= 11 is 3.35. The van der Waals surface area contributed by atoms with Crippen LogP contribution in [0.1, 0.15) is 16.8 Å². The second-order valence-corrected chi connectivity index (χ2v) is 4.76. The van der Waals surface area contributed by atoms with Crippen molar-refractivity contribution in [3.05, 3.63) is 34.3 Å². The van der Waals surface area contributed by atoms with Crippen LogP contribution in [0, 0.1) is 0 Å². The average molecular weight is 297 g/mol. The van der Waals surface area contributed by atoms with Gasteiger partial charge in [-0.3, -0.25) is 9.59 Å². The van der Waals surface area contributed by atoms with Gasteiger partial charge in [0.15, 0.2) is 0 Å². The van der Waals surface area contributed by atoms with Gasteiger partial charge in [0.05, 0.1) is 12.1 Å². The quantitative estimate of drug-likeness (QED) is 0.852. The van der Waals surface area contributed by atoms with Crippen LogP contribution >= 0.6 is 15.9 Å². The Balaban J connectivity index is 2.19. The molecule has 17 heavy (non-hydrogen) atoms. The Morgan fingerprint density at radius 3 is 2.88 bits per heavy atom. The first-order valence-corrected chi connectivity index (χ1v) is 6.28. The van der Waals surface area contributed by atoms with Gasteiger partial charge in [-0.1, -0.05) is 12.1 Å². The predicted molar refractivity (Wildman–Crippen MR) is 67.7 cm³/mol. The van der Waals surface area contributed by atoms with Gasteiger partial charge in [0.2, 0.25) is 5.91 Å². The van der Waals surface area contributed by atoms with Crippen LogP contribution in [-0.4, -0.2) is 36.3 Å². The molecule has 4 nitrogen and oxygen atoms in total. The van der Waals surface area contributed by atoms with E-state index in [2.05, 4.69) is 21.2 Å². The number of amides is 2. The van der Waals surface area contributed by atoms with Crippen molar-refractivity contribution < 1.29 is 9.59 Å². The molecule has 2 rings (SSSR count). The largest absolute Gasteiger partial charge is 0.354 e. The van der Waals surface area contributed by atoms with E-state index in [0.717, 1.165) is 10.9 Å². The van der Waals surface area contributed by atoms with Crippen LogP contribution in [-0.2, 0) is 4.79 Å². The van der Waals surface area contributed by atoms with E-state index in [1.807, 2.05) is 18.2 Å². The highest BCUT2D eigenvalue weighted by Crippen LogP contribution is 2.18. The molecule has 0 bridgehead atoms. The first-order chi connectivity index (χ1) is 8.18. The van der Waals surface area contributed by atoms with Gasteiger partial charge in [0, 0.05) is 17.6 Å². The van der Waals surface area contributed by atoms with Gasteiger partial charge in [-0.15, -0.1) is 0 Å². The van der Waals surface area contributed by atoms with Gasteiger partial charge in [0.1, 0.15) is 0 Å². The topological polar surface area (TPSA) is 49.4 Å². The van der Waals surface area contributed by atoms with E-state index in [4.69, 9.17) is 0 Å². The normalized spacial score (nSPS) is 16.3. The number of benzene rings is 1. The lowest BCUT2D eigenvalue weighted by Gasteiger charge is -2.19. The highest BCUT2D eigenvalue weighted by Gasteiger charge is 2.21. The van der Waals surface area contributed by atoms with E-state index in [0.29, 0.717) is 18.7 Å². The van der Waals surface area contributed by atoms with E-state index in [-0.39, 0.29) is 18.4 Å². The minimum Gasteiger partial charge on any atom is -0.354 e. The first-order valence-electron chi connectivity index (χ1n) is 5.49. The molecule has 2 amide bonds. The summed E-state index contributed by atoms with van der Waals surface area (Å²) in [6.45, 7) is 1.39. The number of nitrogens with one attached hydrogen (secondary N) is 1. The van der Waals surface area contributed by atoms with E-state index >= 15 is 0 Å². The Morgan fingerprint density at radius 2 is 2.12 bits per heavy atom. The van der Waals surface area contributed by atoms with Crippen molar-refractivity contribution in [1.29, 1.82) is 0 Å². The molecule has 5 heteroatoms. The maximum absolute atomic E-state index is 12.2. The van der Waals surface area contributed by atoms with E-state index in [1.54, 1.807) is 11.0 Å². The fourth-order valence-electron chi connectivity index (χ4n) is 1.78. The predicted octanol–water partition coefficient (Wildman–Crippen LogP) is 1.41. The van der Waals surface area contributed by atoms with Gasteiger partial charge in [0.25, 0.3) is 5.91 Å². The molecule has 90 valence electrons. The third-order valence-electron chi connectivity index (χ3n) is 2.65. The molecule has 1 aliphatic heterocycles. The number of carbonyl (C=O) groups is 2. The molecular weight excluding hydrogens is 284 g/mol. The minimum atomic E-state index is -0.102. The molecule has 0 saturated carbocycles. The molecule has 1 N–H and O–H groups in total. The zero-order chi connectivity index (χ0) is 12.3. The van der Waals surface area contributed by atoms with Crippen molar-refractivity contribution in [2.75, 3.05) is 19.6 Å². The Labute approximate surface area is 108 Å². The molecule has 1 aliphatic rings. The molecule has 0 radical (unpaired) electrons. The van der Waals surface area contributed by atoms with Crippen LogP contribution < -0.4 is 5.32 Å². The Morgan fingerprint density at radius 1 is 1.35 bits per heavy atom. The number of halogens is 1. The molecule has 1 aromatic carbocycles. The summed E-state index contributed by atoms with van der Waals surface area (Å²) in [5, 5.41) is 2.75. The van der Waals surface area contributed by atoms with Crippen molar-refractivity contribution in [1.82, 2.24) is 10.2 Å². The zero-order valence-electron chi connectivity index (χ0n) is 9.28. The smallest absolute Gasteiger partial charge is 0.255 e. The standard InChI is InChI=1S/C12H13BrN2O2/c13-10-5-2-1-4-9(10)12(17)15-7-3-6-14-11(16)8-15/h1-2,4-5H,3,6-8H2,(H,14,16). The summed E-state index contributed by atoms with van der Waals surface area (Å²) < 4.78 is 0.759. The zero-order valence-corrected chi connectivity index (χ0v) is 10.9. The molecule has 1 fully saturated rings. The van der Waals surface area contributed by atoms with Gasteiger partial charge < -0.3 is 10.2 Å². The highest BCUT2D eigenvalue weighted by molar-refractivity contribution is 9.10. The SMILES string of the molecule is O=C1CN(C(=O)c2ccccc2Br)CCCN1. The molecule has 1 heterocycles. The number of carbonyl (C=O) groups excluding carboxylic acids is 2. The van der Waals surface area contributed by atoms with Crippen molar-refractivity contribution in [3.63, 3.8) is 0 Å². The molecule has 1 aromatic rings. The monoisotopic (exact) mass is 296 g/mol. The van der Waals surface area contributed by atoms with Crippen LogP contribution in [0.4, 0.5) is 0 Å². The van der Waals surface area contributed by atoms with E-state index < -0.39 is 0 Å². The summed E-state index contributed by atoms with van der Waals surface area (Å²) in [6.07, 6.45) is 0.794. The second kappa shape index (κ2) is 5.31. The fourth-order valence-corrected chi connectivity index (χ4v) is 2.24. The molecule has 0 atom stereocenters. The van der Waals surface area contributed by atoms with Gasteiger partial charge in [-0.25, -0.2) is 0 Å². The van der Waals surface area contributed by atoms with E-state index in [9.17, 15) is 9.59 Å². The van der Waals surface area contributed by atoms with Crippen molar-refractivity contribution in [3.8, 4) is 0 Å². The molecule has 1 saturated heterocycles. The summed E-state index contributed by atoms with van der Waals surface area (Å²) in [5.41, 5.74) is 0.599. The van der Waals surface area contributed by atoms with Crippen LogP contribution in [0.3, 0.4) is 0 Å². The summed E-state index contributed by atoms with van der Waals surface area (Å²) in [5.74, 6) is -0.197. The number of rotatable bonds is 1. The van der Waals surface area contributed by atoms with Crippen LogP contribution in [0.2, 0.25) is 0 Å². The van der Waals surface area contributed by atoms with Crippen LogP contribution in [0.15, 0.2) is 28.7 Å². The van der Waals surface area contributed by atoms with Crippen LogP contribution in [0.25, 0.3) is 0 Å². The van der Waals surface area contributed by atoms with E-state index in [1.165, 1.54) is 0 Å². The van der Waals surface area contributed by atoms with Gasteiger partial charge in [-0.05, 0) is 34.5 Å². The second-order valence-electron chi connectivity index (χ2n) is 3.91. The van der Waals surface area contributed by atoms with Gasteiger partial charge >= 0.3 is 0 Å².